The van der Waals surface area contributed by atoms with Gasteiger partial charge in [0.25, 0.3) is 0 Å². The fourth-order valence-corrected chi connectivity index (χ4v) is 1.43. The molecule has 0 saturated carbocycles. The Balaban J connectivity index is 2.83. The van der Waals surface area contributed by atoms with Gasteiger partial charge in [-0.05, 0) is 38.2 Å². The Bertz CT molecular complexity index is 285. The molecule has 0 radical (unpaired) electrons. The summed E-state index contributed by atoms with van der Waals surface area (Å²) in [4.78, 5) is 2.30. The van der Waals surface area contributed by atoms with E-state index in [1.165, 1.54) is 5.56 Å². The van der Waals surface area contributed by atoms with Crippen molar-refractivity contribution in [3.8, 4) is 5.75 Å². The molecule has 1 aromatic rings. The van der Waals surface area contributed by atoms with E-state index in [0.29, 0.717) is 6.04 Å². The maximum atomic E-state index is 5.20. The zero-order valence-electron chi connectivity index (χ0n) is 9.45. The van der Waals surface area contributed by atoms with Gasteiger partial charge in [0.2, 0.25) is 0 Å². The fraction of sp³-hybridized carbons (Fsp3) is 0.500. The predicted molar refractivity (Wildman–Crippen MR) is 59.7 cm³/mol. The van der Waals surface area contributed by atoms with E-state index >= 15 is 0 Å². The molecule has 78 valence electrons. The minimum atomic E-state index is 0.440. The Kier molecular flexibility index (Phi) is 3.96. The normalized spacial score (nSPS) is 12.9. The standard InChI is InChI=1S/C12H19NO/c1-5-13(3)10(2)11-7-6-8-12(9-11)14-4/h6-10H,5H2,1-4H3. The molecular weight excluding hydrogens is 174 g/mol. The van der Waals surface area contributed by atoms with Crippen LogP contribution >= 0.6 is 0 Å². The average Bonchev–Trinajstić information content (AvgIpc) is 2.27. The van der Waals surface area contributed by atoms with Gasteiger partial charge in [0.05, 0.1) is 7.11 Å². The molecule has 0 amide bonds. The number of rotatable bonds is 4. The van der Waals surface area contributed by atoms with Crippen molar-refractivity contribution in [3.63, 3.8) is 0 Å². The lowest BCUT2D eigenvalue weighted by atomic mass is 10.1. The Labute approximate surface area is 86.5 Å². The van der Waals surface area contributed by atoms with Crippen molar-refractivity contribution < 1.29 is 4.74 Å². The van der Waals surface area contributed by atoms with Crippen molar-refractivity contribution >= 4 is 0 Å². The molecule has 1 rings (SSSR count). The van der Waals surface area contributed by atoms with Crippen molar-refractivity contribution in [1.29, 1.82) is 0 Å². The monoisotopic (exact) mass is 193 g/mol. The first-order valence-corrected chi connectivity index (χ1v) is 5.03. The molecule has 0 N–H and O–H groups in total. The highest BCUT2D eigenvalue weighted by atomic mass is 16.5. The van der Waals surface area contributed by atoms with Crippen molar-refractivity contribution in [2.75, 3.05) is 20.7 Å². The van der Waals surface area contributed by atoms with E-state index in [9.17, 15) is 0 Å². The van der Waals surface area contributed by atoms with Crippen LogP contribution < -0.4 is 4.74 Å². The quantitative estimate of drug-likeness (QED) is 0.729. The van der Waals surface area contributed by atoms with Gasteiger partial charge in [-0.2, -0.15) is 0 Å². The molecule has 0 aliphatic rings. The Morgan fingerprint density at radius 3 is 2.71 bits per heavy atom. The second-order valence-electron chi connectivity index (χ2n) is 3.53. The highest BCUT2D eigenvalue weighted by Gasteiger charge is 2.09. The summed E-state index contributed by atoms with van der Waals surface area (Å²) in [5, 5.41) is 0. The molecule has 0 bridgehead atoms. The molecule has 2 heteroatoms. The van der Waals surface area contributed by atoms with Gasteiger partial charge in [0.15, 0.2) is 0 Å². The van der Waals surface area contributed by atoms with E-state index in [4.69, 9.17) is 4.74 Å². The lowest BCUT2D eigenvalue weighted by molar-refractivity contribution is 0.275. The smallest absolute Gasteiger partial charge is 0.119 e. The molecular formula is C12H19NO. The summed E-state index contributed by atoms with van der Waals surface area (Å²) in [6.45, 7) is 5.42. The molecule has 2 nitrogen and oxygen atoms in total. The third-order valence-corrected chi connectivity index (χ3v) is 2.74. The Hall–Kier alpha value is -1.02. The summed E-state index contributed by atoms with van der Waals surface area (Å²) in [6.07, 6.45) is 0. The molecule has 1 atom stereocenters. The summed E-state index contributed by atoms with van der Waals surface area (Å²) >= 11 is 0. The SMILES string of the molecule is CCN(C)C(C)c1cccc(OC)c1. The van der Waals surface area contributed by atoms with Gasteiger partial charge in [-0.1, -0.05) is 19.1 Å². The lowest BCUT2D eigenvalue weighted by Gasteiger charge is -2.23. The third-order valence-electron chi connectivity index (χ3n) is 2.74. The summed E-state index contributed by atoms with van der Waals surface area (Å²) < 4.78 is 5.20. The van der Waals surface area contributed by atoms with Crippen LogP contribution in [0.5, 0.6) is 5.75 Å². The van der Waals surface area contributed by atoms with Gasteiger partial charge >= 0.3 is 0 Å². The van der Waals surface area contributed by atoms with Crippen molar-refractivity contribution in [2.24, 2.45) is 0 Å². The minimum Gasteiger partial charge on any atom is -0.497 e. The van der Waals surface area contributed by atoms with E-state index in [1.807, 2.05) is 12.1 Å². The van der Waals surface area contributed by atoms with Gasteiger partial charge in [-0.25, -0.2) is 0 Å². The van der Waals surface area contributed by atoms with Gasteiger partial charge in [-0.15, -0.1) is 0 Å². The molecule has 0 fully saturated rings. The number of nitrogens with zero attached hydrogens (tertiary/aromatic N) is 1. The molecule has 0 aromatic heterocycles. The minimum absolute atomic E-state index is 0.440. The van der Waals surface area contributed by atoms with E-state index in [0.717, 1.165) is 12.3 Å². The topological polar surface area (TPSA) is 12.5 Å². The number of hydrogen-bond donors (Lipinski definition) is 0. The first-order chi connectivity index (χ1) is 6.69. The van der Waals surface area contributed by atoms with Gasteiger partial charge < -0.3 is 4.74 Å². The van der Waals surface area contributed by atoms with Gasteiger partial charge in [-0.3, -0.25) is 4.90 Å². The summed E-state index contributed by atoms with van der Waals surface area (Å²) in [5.74, 6) is 0.929. The molecule has 0 saturated heterocycles. The second-order valence-corrected chi connectivity index (χ2v) is 3.53. The number of hydrogen-bond acceptors (Lipinski definition) is 2. The first kappa shape index (κ1) is 11.1. The fourth-order valence-electron chi connectivity index (χ4n) is 1.43. The van der Waals surface area contributed by atoms with Crippen LogP contribution in [0, 0.1) is 0 Å². The average molecular weight is 193 g/mol. The Morgan fingerprint density at radius 2 is 2.14 bits per heavy atom. The Morgan fingerprint density at radius 1 is 1.43 bits per heavy atom. The van der Waals surface area contributed by atoms with Crippen molar-refractivity contribution in [3.05, 3.63) is 29.8 Å². The van der Waals surface area contributed by atoms with E-state index in [1.54, 1.807) is 7.11 Å². The zero-order valence-corrected chi connectivity index (χ0v) is 9.45. The van der Waals surface area contributed by atoms with Crippen LogP contribution in [0.25, 0.3) is 0 Å². The third kappa shape index (κ3) is 2.48. The van der Waals surface area contributed by atoms with Crippen LogP contribution in [0.15, 0.2) is 24.3 Å². The number of benzene rings is 1. The predicted octanol–water partition coefficient (Wildman–Crippen LogP) is 2.71. The second kappa shape index (κ2) is 5.01. The summed E-state index contributed by atoms with van der Waals surface area (Å²) in [6, 6.07) is 8.68. The lowest BCUT2D eigenvalue weighted by Crippen LogP contribution is -2.21. The van der Waals surface area contributed by atoms with Crippen molar-refractivity contribution in [1.82, 2.24) is 4.90 Å². The van der Waals surface area contributed by atoms with Gasteiger partial charge in [0.1, 0.15) is 5.75 Å². The number of methoxy groups -OCH3 is 1. The molecule has 0 spiro atoms. The van der Waals surface area contributed by atoms with Crippen LogP contribution in [0.4, 0.5) is 0 Å². The molecule has 0 aliphatic carbocycles. The van der Waals surface area contributed by atoms with Crippen LogP contribution in [0.3, 0.4) is 0 Å². The van der Waals surface area contributed by atoms with E-state index in [-0.39, 0.29) is 0 Å². The molecule has 0 heterocycles. The van der Waals surface area contributed by atoms with E-state index < -0.39 is 0 Å². The number of ether oxygens (including phenoxy) is 1. The molecule has 14 heavy (non-hydrogen) atoms. The van der Waals surface area contributed by atoms with Gasteiger partial charge in [0, 0.05) is 6.04 Å². The van der Waals surface area contributed by atoms with Crippen LogP contribution in [-0.4, -0.2) is 25.6 Å². The first-order valence-electron chi connectivity index (χ1n) is 5.03. The zero-order chi connectivity index (χ0) is 10.6. The summed E-state index contributed by atoms with van der Waals surface area (Å²) in [7, 11) is 3.83. The maximum absolute atomic E-state index is 5.20. The van der Waals surface area contributed by atoms with Crippen LogP contribution in [0.2, 0.25) is 0 Å². The molecule has 0 aliphatic heterocycles. The van der Waals surface area contributed by atoms with Crippen molar-refractivity contribution in [2.45, 2.75) is 19.9 Å². The van der Waals surface area contributed by atoms with E-state index in [2.05, 4.69) is 37.9 Å². The molecule has 1 aromatic carbocycles. The maximum Gasteiger partial charge on any atom is 0.119 e. The highest BCUT2D eigenvalue weighted by molar-refractivity contribution is 5.30. The van der Waals surface area contributed by atoms with Crippen LogP contribution in [-0.2, 0) is 0 Å². The summed E-state index contributed by atoms with van der Waals surface area (Å²) in [5.41, 5.74) is 1.30. The van der Waals surface area contributed by atoms with Crippen LogP contribution in [0.1, 0.15) is 25.5 Å². The molecule has 1 unspecified atom stereocenters. The highest BCUT2D eigenvalue weighted by Crippen LogP contribution is 2.22. The largest absolute Gasteiger partial charge is 0.497 e.